The lowest BCUT2D eigenvalue weighted by Gasteiger charge is -2.14. The lowest BCUT2D eigenvalue weighted by Crippen LogP contribution is -2.07. The van der Waals surface area contributed by atoms with E-state index >= 15 is 0 Å². The highest BCUT2D eigenvalue weighted by Crippen LogP contribution is 2.39. The van der Waals surface area contributed by atoms with Gasteiger partial charge in [0.05, 0.1) is 11.7 Å². The second-order valence-corrected chi connectivity index (χ2v) is 5.39. The third-order valence-corrected chi connectivity index (χ3v) is 4.07. The highest BCUT2D eigenvalue weighted by Gasteiger charge is 2.24. The number of anilines is 1. The molecule has 86 valence electrons. The molecule has 3 rings (SSSR count). The van der Waals surface area contributed by atoms with Gasteiger partial charge < -0.3 is 5.32 Å². The summed E-state index contributed by atoms with van der Waals surface area (Å²) in [6, 6.07) is 15.4. The van der Waals surface area contributed by atoms with Crippen molar-refractivity contribution in [2.24, 2.45) is 0 Å². The number of aryl methyl sites for hydroxylation is 1. The molecule has 1 aliphatic rings. The Labute approximate surface area is 110 Å². The van der Waals surface area contributed by atoms with Crippen LogP contribution in [0.5, 0.6) is 0 Å². The van der Waals surface area contributed by atoms with E-state index < -0.39 is 0 Å². The Morgan fingerprint density at radius 3 is 2.71 bits per heavy atom. The van der Waals surface area contributed by atoms with Crippen LogP contribution in [0.15, 0.2) is 46.9 Å². The molecule has 0 saturated heterocycles. The van der Waals surface area contributed by atoms with Crippen LogP contribution >= 0.6 is 15.9 Å². The molecule has 0 aromatic heterocycles. The first-order valence-corrected chi connectivity index (χ1v) is 6.64. The van der Waals surface area contributed by atoms with Crippen molar-refractivity contribution >= 4 is 21.6 Å². The van der Waals surface area contributed by atoms with Gasteiger partial charge in [-0.1, -0.05) is 36.4 Å². The fourth-order valence-electron chi connectivity index (χ4n) is 2.51. The average Bonchev–Trinajstić information content (AvgIpc) is 2.75. The molecule has 1 unspecified atom stereocenters. The van der Waals surface area contributed by atoms with E-state index in [-0.39, 0.29) is 0 Å². The van der Waals surface area contributed by atoms with Crippen molar-refractivity contribution in [2.45, 2.75) is 19.4 Å². The minimum absolute atomic E-state index is 0.407. The maximum atomic E-state index is 3.61. The van der Waals surface area contributed by atoms with Crippen molar-refractivity contribution in [3.05, 3.63) is 63.6 Å². The van der Waals surface area contributed by atoms with Crippen LogP contribution in [0.2, 0.25) is 0 Å². The Bertz CT molecular complexity index is 563. The molecule has 1 N–H and O–H groups in total. The Hall–Kier alpha value is -1.28. The molecule has 0 saturated carbocycles. The van der Waals surface area contributed by atoms with E-state index in [1.165, 1.54) is 22.4 Å². The lowest BCUT2D eigenvalue weighted by molar-refractivity contribution is 0.816. The van der Waals surface area contributed by atoms with Crippen molar-refractivity contribution in [3.8, 4) is 0 Å². The average molecular weight is 288 g/mol. The van der Waals surface area contributed by atoms with Gasteiger partial charge in [-0.05, 0) is 52.0 Å². The molecule has 1 nitrogen and oxygen atoms in total. The number of rotatable bonds is 1. The van der Waals surface area contributed by atoms with Crippen LogP contribution in [0.4, 0.5) is 5.69 Å². The summed E-state index contributed by atoms with van der Waals surface area (Å²) in [6.45, 7) is 2.18. The van der Waals surface area contributed by atoms with Gasteiger partial charge in [0.1, 0.15) is 0 Å². The van der Waals surface area contributed by atoms with Gasteiger partial charge >= 0.3 is 0 Å². The molecule has 0 amide bonds. The highest BCUT2D eigenvalue weighted by molar-refractivity contribution is 9.10. The van der Waals surface area contributed by atoms with E-state index in [0.29, 0.717) is 6.04 Å². The van der Waals surface area contributed by atoms with Crippen molar-refractivity contribution in [1.82, 2.24) is 0 Å². The molecular formula is C15H14BrN. The van der Waals surface area contributed by atoms with Crippen LogP contribution in [0, 0.1) is 6.92 Å². The summed E-state index contributed by atoms with van der Waals surface area (Å²) in [5, 5.41) is 3.61. The summed E-state index contributed by atoms with van der Waals surface area (Å²) in [5.41, 5.74) is 5.40. The zero-order valence-electron chi connectivity index (χ0n) is 9.70. The SMILES string of the molecule is Cc1ccccc1C1Cc2cccc(Br)c2N1. The van der Waals surface area contributed by atoms with Gasteiger partial charge in [0.25, 0.3) is 0 Å². The van der Waals surface area contributed by atoms with Crippen LogP contribution in [0.25, 0.3) is 0 Å². The summed E-state index contributed by atoms with van der Waals surface area (Å²) in [6.07, 6.45) is 1.07. The molecule has 2 aromatic rings. The molecule has 0 radical (unpaired) electrons. The Morgan fingerprint density at radius 2 is 1.94 bits per heavy atom. The van der Waals surface area contributed by atoms with E-state index in [2.05, 4.69) is 70.6 Å². The van der Waals surface area contributed by atoms with Crippen LogP contribution in [0.3, 0.4) is 0 Å². The maximum Gasteiger partial charge on any atom is 0.0558 e. The molecule has 1 atom stereocenters. The van der Waals surface area contributed by atoms with Gasteiger partial charge in [-0.25, -0.2) is 0 Å². The van der Waals surface area contributed by atoms with Gasteiger partial charge in [0.15, 0.2) is 0 Å². The Balaban J connectivity index is 1.97. The first-order valence-electron chi connectivity index (χ1n) is 5.85. The zero-order valence-corrected chi connectivity index (χ0v) is 11.3. The maximum absolute atomic E-state index is 3.61. The van der Waals surface area contributed by atoms with Gasteiger partial charge in [0.2, 0.25) is 0 Å². The minimum atomic E-state index is 0.407. The normalized spacial score (nSPS) is 17.6. The summed E-state index contributed by atoms with van der Waals surface area (Å²) < 4.78 is 1.16. The van der Waals surface area contributed by atoms with E-state index in [1.807, 2.05) is 0 Å². The Morgan fingerprint density at radius 1 is 1.12 bits per heavy atom. The number of para-hydroxylation sites is 1. The zero-order chi connectivity index (χ0) is 11.8. The molecule has 0 aliphatic carbocycles. The second-order valence-electron chi connectivity index (χ2n) is 4.53. The van der Waals surface area contributed by atoms with Crippen LogP contribution in [-0.4, -0.2) is 0 Å². The number of benzene rings is 2. The van der Waals surface area contributed by atoms with Crippen LogP contribution in [0.1, 0.15) is 22.7 Å². The number of hydrogen-bond donors (Lipinski definition) is 1. The third-order valence-electron chi connectivity index (χ3n) is 3.41. The topological polar surface area (TPSA) is 12.0 Å². The first kappa shape index (κ1) is 10.8. The van der Waals surface area contributed by atoms with Gasteiger partial charge in [-0.3, -0.25) is 0 Å². The molecule has 0 bridgehead atoms. The Kier molecular flexibility index (Phi) is 2.67. The third kappa shape index (κ3) is 1.87. The largest absolute Gasteiger partial charge is 0.377 e. The predicted octanol–water partition coefficient (Wildman–Crippen LogP) is 4.47. The summed E-state index contributed by atoms with van der Waals surface area (Å²) in [4.78, 5) is 0. The lowest BCUT2D eigenvalue weighted by atomic mass is 9.99. The number of halogens is 1. The summed E-state index contributed by atoms with van der Waals surface area (Å²) in [5.74, 6) is 0. The van der Waals surface area contributed by atoms with E-state index in [1.54, 1.807) is 0 Å². The second kappa shape index (κ2) is 4.19. The number of fused-ring (bicyclic) bond motifs is 1. The van der Waals surface area contributed by atoms with Crippen LogP contribution < -0.4 is 5.32 Å². The van der Waals surface area contributed by atoms with E-state index in [9.17, 15) is 0 Å². The molecule has 0 fully saturated rings. The monoisotopic (exact) mass is 287 g/mol. The molecule has 2 aromatic carbocycles. The van der Waals surface area contributed by atoms with Crippen LogP contribution in [-0.2, 0) is 6.42 Å². The molecule has 0 spiro atoms. The van der Waals surface area contributed by atoms with Crippen molar-refractivity contribution in [3.63, 3.8) is 0 Å². The van der Waals surface area contributed by atoms with Crippen molar-refractivity contribution in [1.29, 1.82) is 0 Å². The smallest absolute Gasteiger partial charge is 0.0558 e. The highest BCUT2D eigenvalue weighted by atomic mass is 79.9. The molecule has 1 aliphatic heterocycles. The quantitative estimate of drug-likeness (QED) is 0.816. The van der Waals surface area contributed by atoms with E-state index in [4.69, 9.17) is 0 Å². The number of nitrogens with one attached hydrogen (secondary N) is 1. The number of hydrogen-bond acceptors (Lipinski definition) is 1. The summed E-state index contributed by atoms with van der Waals surface area (Å²) in [7, 11) is 0. The standard InChI is InChI=1S/C15H14BrN/c1-10-5-2-3-7-12(10)14-9-11-6-4-8-13(16)15(11)17-14/h2-8,14,17H,9H2,1H3. The van der Waals surface area contributed by atoms with Crippen molar-refractivity contribution < 1.29 is 0 Å². The van der Waals surface area contributed by atoms with Gasteiger partial charge in [-0.15, -0.1) is 0 Å². The summed E-state index contributed by atoms with van der Waals surface area (Å²) >= 11 is 3.60. The minimum Gasteiger partial charge on any atom is -0.377 e. The molecule has 17 heavy (non-hydrogen) atoms. The van der Waals surface area contributed by atoms with E-state index in [0.717, 1.165) is 10.9 Å². The van der Waals surface area contributed by atoms with Gasteiger partial charge in [-0.2, -0.15) is 0 Å². The predicted molar refractivity (Wildman–Crippen MR) is 75.4 cm³/mol. The van der Waals surface area contributed by atoms with Crippen molar-refractivity contribution in [2.75, 3.05) is 5.32 Å². The fraction of sp³-hybridized carbons (Fsp3) is 0.200. The molecular weight excluding hydrogens is 274 g/mol. The first-order chi connectivity index (χ1) is 8.25. The fourth-order valence-corrected chi connectivity index (χ4v) is 3.03. The molecule has 1 heterocycles. The van der Waals surface area contributed by atoms with Gasteiger partial charge in [0, 0.05) is 4.47 Å². The molecule has 2 heteroatoms.